The Labute approximate surface area is 192 Å². The largest absolute Gasteiger partial charge is 0.240 e. The maximum Gasteiger partial charge on any atom is 0.240 e. The highest BCUT2D eigenvalue weighted by atomic mass is 32.2. The summed E-state index contributed by atoms with van der Waals surface area (Å²) in [4.78, 5) is 0.274. The summed E-state index contributed by atoms with van der Waals surface area (Å²) in [6, 6.07) is 27.2. The van der Waals surface area contributed by atoms with Crippen molar-refractivity contribution in [2.75, 3.05) is 6.54 Å². The third-order valence-electron chi connectivity index (χ3n) is 5.88. The second kappa shape index (κ2) is 10.6. The van der Waals surface area contributed by atoms with Crippen molar-refractivity contribution in [3.05, 3.63) is 119 Å². The van der Waals surface area contributed by atoms with Gasteiger partial charge in [0, 0.05) is 12.0 Å². The molecule has 0 heterocycles. The van der Waals surface area contributed by atoms with Crippen molar-refractivity contribution in [1.29, 1.82) is 0 Å². The summed E-state index contributed by atoms with van der Waals surface area (Å²) in [5, 5.41) is 0. The van der Waals surface area contributed by atoms with E-state index in [1.807, 2.05) is 61.5 Å². The zero-order chi connectivity index (χ0) is 23.0. The Hall–Kier alpha value is -2.91. The van der Waals surface area contributed by atoms with Gasteiger partial charge in [0.25, 0.3) is 0 Å². The average molecular weight is 446 g/mol. The molecule has 0 fully saturated rings. The predicted molar refractivity (Wildman–Crippen MR) is 132 cm³/mol. The topological polar surface area (TPSA) is 46.2 Å². The van der Waals surface area contributed by atoms with Crippen LogP contribution in [0.5, 0.6) is 0 Å². The first-order chi connectivity index (χ1) is 15.4. The lowest BCUT2D eigenvalue weighted by Gasteiger charge is -2.34. The summed E-state index contributed by atoms with van der Waals surface area (Å²) >= 11 is 0. The van der Waals surface area contributed by atoms with Crippen LogP contribution in [0.1, 0.15) is 43.4 Å². The molecule has 1 N–H and O–H groups in total. The van der Waals surface area contributed by atoms with Crippen LogP contribution in [0.3, 0.4) is 0 Å². The van der Waals surface area contributed by atoms with Gasteiger partial charge in [0.15, 0.2) is 0 Å². The molecule has 0 spiro atoms. The molecule has 166 valence electrons. The van der Waals surface area contributed by atoms with Crippen LogP contribution in [0.2, 0.25) is 0 Å². The molecule has 0 aliphatic rings. The maximum atomic E-state index is 13.1. The molecule has 0 saturated carbocycles. The van der Waals surface area contributed by atoms with Crippen LogP contribution >= 0.6 is 0 Å². The molecule has 0 radical (unpaired) electrons. The predicted octanol–water partition coefficient (Wildman–Crippen LogP) is 6.16. The fourth-order valence-electron chi connectivity index (χ4n) is 3.71. The third-order valence-corrected chi connectivity index (χ3v) is 7.29. The molecule has 0 bridgehead atoms. The van der Waals surface area contributed by atoms with Crippen molar-refractivity contribution in [2.24, 2.45) is 0 Å². The first-order valence-corrected chi connectivity index (χ1v) is 12.4. The number of allylic oxidation sites excluding steroid dienone is 1. The fraction of sp³-hybridized carbons (Fsp3) is 0.250. The molecule has 4 heteroatoms. The number of hydrogen-bond acceptors (Lipinski definition) is 2. The van der Waals surface area contributed by atoms with Gasteiger partial charge in [-0.3, -0.25) is 0 Å². The van der Waals surface area contributed by atoms with Crippen molar-refractivity contribution >= 4 is 10.0 Å². The van der Waals surface area contributed by atoms with Gasteiger partial charge in [0.1, 0.15) is 0 Å². The molecule has 0 aliphatic carbocycles. The Morgan fingerprint density at radius 3 is 1.94 bits per heavy atom. The molecule has 0 atom stereocenters. The van der Waals surface area contributed by atoms with E-state index >= 15 is 0 Å². The Kier molecular flexibility index (Phi) is 7.87. The summed E-state index contributed by atoms with van der Waals surface area (Å²) in [5.41, 5.74) is 7.12. The van der Waals surface area contributed by atoms with Crippen molar-refractivity contribution in [3.63, 3.8) is 0 Å². The van der Waals surface area contributed by atoms with Gasteiger partial charge >= 0.3 is 0 Å². The first-order valence-electron chi connectivity index (χ1n) is 11.0. The van der Waals surface area contributed by atoms with E-state index in [-0.39, 0.29) is 11.4 Å². The number of nitrogens with one attached hydrogen (secondary N) is 1. The van der Waals surface area contributed by atoms with Gasteiger partial charge < -0.3 is 0 Å². The number of aryl methyl sites for hydroxylation is 1. The van der Waals surface area contributed by atoms with E-state index in [0.717, 1.165) is 23.1 Å². The van der Waals surface area contributed by atoms with Crippen molar-refractivity contribution in [3.8, 4) is 0 Å². The van der Waals surface area contributed by atoms with Gasteiger partial charge in [-0.1, -0.05) is 85.3 Å². The molecule has 3 rings (SSSR count). The molecule has 3 aromatic rings. The van der Waals surface area contributed by atoms with E-state index in [0.29, 0.717) is 6.42 Å². The molecule has 32 heavy (non-hydrogen) atoms. The van der Waals surface area contributed by atoms with E-state index in [2.05, 4.69) is 48.6 Å². The van der Waals surface area contributed by atoms with Crippen LogP contribution in [-0.2, 0) is 15.4 Å². The highest BCUT2D eigenvalue weighted by molar-refractivity contribution is 7.89. The van der Waals surface area contributed by atoms with Crippen LogP contribution in [-0.4, -0.2) is 15.0 Å². The van der Waals surface area contributed by atoms with E-state index in [1.54, 1.807) is 12.1 Å². The Bertz CT molecular complexity index is 1140. The lowest BCUT2D eigenvalue weighted by Crippen LogP contribution is -2.41. The molecular weight excluding hydrogens is 414 g/mol. The van der Waals surface area contributed by atoms with Crippen LogP contribution in [0.4, 0.5) is 0 Å². The van der Waals surface area contributed by atoms with Gasteiger partial charge in [-0.25, -0.2) is 13.1 Å². The van der Waals surface area contributed by atoms with Crippen molar-refractivity contribution in [1.82, 2.24) is 4.72 Å². The Morgan fingerprint density at radius 2 is 1.44 bits per heavy atom. The highest BCUT2D eigenvalue weighted by Crippen LogP contribution is 2.36. The smallest absolute Gasteiger partial charge is 0.210 e. The molecule has 0 saturated heterocycles. The molecule has 0 aliphatic heterocycles. The normalized spacial score (nSPS) is 11.6. The number of rotatable bonds is 9. The van der Waals surface area contributed by atoms with Crippen molar-refractivity contribution < 1.29 is 8.42 Å². The van der Waals surface area contributed by atoms with Gasteiger partial charge in [-0.15, -0.1) is 5.73 Å². The quantitative estimate of drug-likeness (QED) is 0.401. The highest BCUT2D eigenvalue weighted by Gasteiger charge is 2.34. The molecule has 0 unspecified atom stereocenters. The average Bonchev–Trinajstić information content (AvgIpc) is 2.82. The van der Waals surface area contributed by atoms with Crippen LogP contribution in [0, 0.1) is 6.92 Å². The standard InChI is InChI=1S/C28H31NO2S/c1-4-23(2)12-11-21-28(25-13-7-5-8-14-25,26-15-9-6-10-16-26)22-29-32(30,31)27-19-17-24(3)18-20-27/h5-11,13-20,29H,4,21-22H2,1-3H3. The third kappa shape index (κ3) is 5.66. The molecule has 3 aromatic carbocycles. The second-order valence-electron chi connectivity index (χ2n) is 8.14. The molecule has 0 amide bonds. The molecule has 3 nitrogen and oxygen atoms in total. The van der Waals surface area contributed by atoms with Gasteiger partial charge in [-0.2, -0.15) is 0 Å². The molecular formula is C28H31NO2S. The molecule has 0 aromatic heterocycles. The Balaban J connectivity index is 2.08. The summed E-state index contributed by atoms with van der Waals surface area (Å²) in [6.45, 7) is 6.34. The lowest BCUT2D eigenvalue weighted by atomic mass is 9.72. The fourth-order valence-corrected chi connectivity index (χ4v) is 4.81. The summed E-state index contributed by atoms with van der Waals surface area (Å²) in [7, 11) is -3.66. The second-order valence-corrected chi connectivity index (χ2v) is 9.91. The summed E-state index contributed by atoms with van der Waals surface area (Å²) in [5.74, 6) is 0. The van der Waals surface area contributed by atoms with Crippen LogP contribution in [0.25, 0.3) is 0 Å². The van der Waals surface area contributed by atoms with Crippen molar-refractivity contribution in [2.45, 2.75) is 43.9 Å². The van der Waals surface area contributed by atoms with E-state index < -0.39 is 15.4 Å². The monoisotopic (exact) mass is 445 g/mol. The minimum atomic E-state index is -3.66. The maximum absolute atomic E-state index is 13.1. The zero-order valence-corrected chi connectivity index (χ0v) is 19.8. The van der Waals surface area contributed by atoms with Gasteiger partial charge in [0.05, 0.1) is 4.90 Å². The number of sulfonamides is 1. The van der Waals surface area contributed by atoms with Gasteiger partial charge in [0.2, 0.25) is 10.0 Å². The minimum Gasteiger partial charge on any atom is -0.210 e. The summed E-state index contributed by atoms with van der Waals surface area (Å²) < 4.78 is 29.2. The minimum absolute atomic E-state index is 0.237. The number of benzene rings is 3. The SMILES string of the molecule is CCC(C)=C=CCC(CNS(=O)(=O)c1ccc(C)cc1)(c1ccccc1)c1ccccc1. The van der Waals surface area contributed by atoms with E-state index in [1.165, 1.54) is 5.57 Å². The summed E-state index contributed by atoms with van der Waals surface area (Å²) in [6.07, 6.45) is 3.59. The van der Waals surface area contributed by atoms with E-state index in [9.17, 15) is 8.42 Å². The number of hydrogen-bond donors (Lipinski definition) is 1. The zero-order valence-electron chi connectivity index (χ0n) is 19.0. The lowest BCUT2D eigenvalue weighted by molar-refractivity contribution is 0.499. The van der Waals surface area contributed by atoms with Crippen LogP contribution in [0.15, 0.2) is 107 Å². The van der Waals surface area contributed by atoms with Gasteiger partial charge in [-0.05, 0) is 61.6 Å². The Morgan fingerprint density at radius 1 is 0.906 bits per heavy atom. The first kappa shape index (κ1) is 23.7. The van der Waals surface area contributed by atoms with E-state index in [4.69, 9.17) is 0 Å². The van der Waals surface area contributed by atoms with Crippen LogP contribution < -0.4 is 4.72 Å².